The van der Waals surface area contributed by atoms with Gasteiger partial charge >= 0.3 is 0 Å². The molecule has 0 radical (unpaired) electrons. The van der Waals surface area contributed by atoms with Crippen LogP contribution in [-0.2, 0) is 11.8 Å². The SMILES string of the molecule is Cc1c(-n2nnnc2SC(C)C(=O)Nc2ccc(F)c(Cl)c2)c(=O)n(-c2ccccc2)n1C. The number of nitrogens with one attached hydrogen (secondary N) is 1. The molecule has 9 nitrogen and oxygen atoms in total. The Morgan fingerprint density at radius 1 is 1.21 bits per heavy atom. The number of carbonyl (C=O) groups excluding carboxylic acids is 1. The van der Waals surface area contributed by atoms with Crippen molar-refractivity contribution in [1.82, 2.24) is 29.6 Å². The van der Waals surface area contributed by atoms with Gasteiger partial charge < -0.3 is 5.32 Å². The molecule has 2 heterocycles. The first-order valence-corrected chi connectivity index (χ1v) is 11.1. The van der Waals surface area contributed by atoms with E-state index >= 15 is 0 Å². The van der Waals surface area contributed by atoms with Crippen molar-refractivity contribution >= 4 is 35.0 Å². The molecule has 0 aliphatic carbocycles. The molecule has 0 spiro atoms. The van der Waals surface area contributed by atoms with Gasteiger partial charge in [0, 0.05) is 12.7 Å². The number of anilines is 1. The fraction of sp³-hybridized carbons (Fsp3) is 0.190. The highest BCUT2D eigenvalue weighted by Gasteiger charge is 2.25. The summed E-state index contributed by atoms with van der Waals surface area (Å²) in [5, 5.41) is 13.9. The Bertz CT molecular complexity index is 1380. The maximum absolute atomic E-state index is 13.4. The van der Waals surface area contributed by atoms with Crippen LogP contribution >= 0.6 is 23.4 Å². The summed E-state index contributed by atoms with van der Waals surface area (Å²) >= 11 is 6.86. The van der Waals surface area contributed by atoms with Crippen LogP contribution in [0.1, 0.15) is 12.6 Å². The Hall–Kier alpha value is -3.44. The second kappa shape index (κ2) is 9.20. The van der Waals surface area contributed by atoms with Gasteiger partial charge in [-0.05, 0) is 54.6 Å². The molecule has 4 rings (SSSR count). The number of hydrogen-bond donors (Lipinski definition) is 1. The fourth-order valence-corrected chi connectivity index (χ4v) is 4.19. The molecule has 0 saturated carbocycles. The van der Waals surface area contributed by atoms with E-state index < -0.39 is 11.1 Å². The van der Waals surface area contributed by atoms with Crippen LogP contribution in [0.15, 0.2) is 58.5 Å². The van der Waals surface area contributed by atoms with Crippen LogP contribution in [0.5, 0.6) is 0 Å². The van der Waals surface area contributed by atoms with Gasteiger partial charge in [0.2, 0.25) is 11.1 Å². The second-order valence-electron chi connectivity index (χ2n) is 7.16. The van der Waals surface area contributed by atoms with E-state index in [2.05, 4.69) is 20.8 Å². The molecule has 0 bridgehead atoms. The van der Waals surface area contributed by atoms with Crippen LogP contribution in [0, 0.1) is 12.7 Å². The summed E-state index contributed by atoms with van der Waals surface area (Å²) in [6.07, 6.45) is 0. The summed E-state index contributed by atoms with van der Waals surface area (Å²) in [7, 11) is 1.77. The molecule has 4 aromatic rings. The van der Waals surface area contributed by atoms with Crippen molar-refractivity contribution in [2.24, 2.45) is 7.05 Å². The molecule has 2 aromatic carbocycles. The van der Waals surface area contributed by atoms with E-state index in [1.54, 1.807) is 25.6 Å². The van der Waals surface area contributed by atoms with Crippen LogP contribution < -0.4 is 10.9 Å². The average Bonchev–Trinajstić information content (AvgIpc) is 3.32. The number of carbonyl (C=O) groups is 1. The molecule has 0 saturated heterocycles. The molecule has 12 heteroatoms. The van der Waals surface area contributed by atoms with Crippen molar-refractivity contribution in [2.45, 2.75) is 24.3 Å². The number of rotatable bonds is 6. The smallest absolute Gasteiger partial charge is 0.297 e. The van der Waals surface area contributed by atoms with Gasteiger partial charge in [0.05, 0.1) is 21.7 Å². The summed E-state index contributed by atoms with van der Waals surface area (Å²) in [4.78, 5) is 25.9. The monoisotopic (exact) mass is 487 g/mol. The standard InChI is InChI=1S/C21H19ClFN7O2S/c1-12-18(20(32)30(28(12)3)15-7-5-4-6-8-15)29-21(25-26-27-29)33-13(2)19(31)24-14-9-10-17(23)16(22)11-14/h4-11,13H,1-3H3,(H,24,31). The number of nitrogens with zero attached hydrogens (tertiary/aromatic N) is 6. The lowest BCUT2D eigenvalue weighted by atomic mass is 10.3. The lowest BCUT2D eigenvalue weighted by Gasteiger charge is -2.11. The van der Waals surface area contributed by atoms with E-state index in [1.807, 2.05) is 30.3 Å². The molecule has 0 aliphatic heterocycles. The molecule has 1 N–H and O–H groups in total. The highest BCUT2D eigenvalue weighted by Crippen LogP contribution is 2.25. The quantitative estimate of drug-likeness (QED) is 0.418. The maximum Gasteiger partial charge on any atom is 0.297 e. The van der Waals surface area contributed by atoms with E-state index in [0.29, 0.717) is 17.1 Å². The van der Waals surface area contributed by atoms with Gasteiger partial charge in [0.15, 0.2) is 5.69 Å². The van der Waals surface area contributed by atoms with Crippen molar-refractivity contribution in [3.8, 4) is 11.4 Å². The zero-order chi connectivity index (χ0) is 23.7. The van der Waals surface area contributed by atoms with Gasteiger partial charge in [-0.2, -0.15) is 4.68 Å². The summed E-state index contributed by atoms with van der Waals surface area (Å²) in [5.41, 5.74) is 1.70. The van der Waals surface area contributed by atoms with Gasteiger partial charge in [-0.15, -0.1) is 5.10 Å². The summed E-state index contributed by atoms with van der Waals surface area (Å²) in [6, 6.07) is 13.1. The number of amides is 1. The van der Waals surface area contributed by atoms with Crippen molar-refractivity contribution < 1.29 is 9.18 Å². The van der Waals surface area contributed by atoms with Gasteiger partial charge in [-0.25, -0.2) is 9.07 Å². The molecule has 33 heavy (non-hydrogen) atoms. The van der Waals surface area contributed by atoms with Crippen LogP contribution in [0.4, 0.5) is 10.1 Å². The molecule has 0 aliphatic rings. The number of hydrogen-bond acceptors (Lipinski definition) is 6. The number of para-hydroxylation sites is 1. The first-order chi connectivity index (χ1) is 15.8. The topological polar surface area (TPSA) is 99.6 Å². The lowest BCUT2D eigenvalue weighted by molar-refractivity contribution is -0.115. The van der Waals surface area contributed by atoms with E-state index in [-0.39, 0.29) is 27.3 Å². The van der Waals surface area contributed by atoms with Crippen molar-refractivity contribution in [1.29, 1.82) is 0 Å². The third-order valence-electron chi connectivity index (χ3n) is 5.02. The largest absolute Gasteiger partial charge is 0.325 e. The first-order valence-electron chi connectivity index (χ1n) is 9.83. The lowest BCUT2D eigenvalue weighted by Crippen LogP contribution is -2.24. The predicted octanol–water partition coefficient (Wildman–Crippen LogP) is 3.37. The Morgan fingerprint density at radius 2 is 1.94 bits per heavy atom. The number of aromatic nitrogens is 6. The molecule has 1 amide bonds. The summed E-state index contributed by atoms with van der Waals surface area (Å²) in [6.45, 7) is 3.46. The number of tetrazole rings is 1. The normalized spacial score (nSPS) is 12.0. The Labute approximate surface area is 197 Å². The van der Waals surface area contributed by atoms with E-state index in [9.17, 15) is 14.0 Å². The van der Waals surface area contributed by atoms with Crippen LogP contribution in [0.2, 0.25) is 5.02 Å². The Morgan fingerprint density at radius 3 is 2.64 bits per heavy atom. The van der Waals surface area contributed by atoms with Crippen LogP contribution in [-0.4, -0.2) is 40.7 Å². The van der Waals surface area contributed by atoms with Gasteiger partial charge in [-0.1, -0.05) is 41.6 Å². The van der Waals surface area contributed by atoms with Crippen molar-refractivity contribution in [3.05, 3.63) is 75.4 Å². The zero-order valence-electron chi connectivity index (χ0n) is 17.9. The second-order valence-corrected chi connectivity index (χ2v) is 8.88. The number of thioether (sulfide) groups is 1. The molecular weight excluding hydrogens is 469 g/mol. The summed E-state index contributed by atoms with van der Waals surface area (Å²) < 4.78 is 17.9. The Kier molecular flexibility index (Phi) is 6.34. The maximum atomic E-state index is 13.4. The molecule has 2 aromatic heterocycles. The molecule has 1 unspecified atom stereocenters. The highest BCUT2D eigenvalue weighted by molar-refractivity contribution is 8.00. The first kappa shape index (κ1) is 22.7. The predicted molar refractivity (Wildman–Crippen MR) is 124 cm³/mol. The van der Waals surface area contributed by atoms with E-state index in [4.69, 9.17) is 11.6 Å². The minimum atomic E-state index is -0.626. The van der Waals surface area contributed by atoms with E-state index in [0.717, 1.165) is 11.8 Å². The van der Waals surface area contributed by atoms with Gasteiger partial charge in [0.25, 0.3) is 5.56 Å². The van der Waals surface area contributed by atoms with Crippen molar-refractivity contribution in [3.63, 3.8) is 0 Å². The fourth-order valence-electron chi connectivity index (χ4n) is 3.22. The van der Waals surface area contributed by atoms with E-state index in [1.165, 1.54) is 27.6 Å². The average molecular weight is 488 g/mol. The van der Waals surface area contributed by atoms with Gasteiger partial charge in [-0.3, -0.25) is 14.3 Å². The number of halogens is 2. The highest BCUT2D eigenvalue weighted by atomic mass is 35.5. The van der Waals surface area contributed by atoms with Gasteiger partial charge in [0.1, 0.15) is 5.82 Å². The zero-order valence-corrected chi connectivity index (χ0v) is 19.4. The van der Waals surface area contributed by atoms with Crippen LogP contribution in [0.3, 0.4) is 0 Å². The third kappa shape index (κ3) is 4.41. The van der Waals surface area contributed by atoms with Crippen molar-refractivity contribution in [2.75, 3.05) is 5.32 Å². The molecule has 1 atom stereocenters. The number of benzene rings is 2. The summed E-state index contributed by atoms with van der Waals surface area (Å²) in [5.74, 6) is -0.931. The minimum absolute atomic E-state index is 0.0914. The minimum Gasteiger partial charge on any atom is -0.325 e. The third-order valence-corrected chi connectivity index (χ3v) is 6.34. The molecular formula is C21H19ClFN7O2S. The molecule has 0 fully saturated rings. The Balaban J connectivity index is 1.60. The van der Waals surface area contributed by atoms with Crippen LogP contribution in [0.25, 0.3) is 11.4 Å². The molecule has 170 valence electrons.